The number of benzene rings is 2. The molecular weight excluding hydrogens is 432 g/mol. The first-order valence-corrected chi connectivity index (χ1v) is 9.49. The number of nitrogens with one attached hydrogen (secondary N) is 1. The largest absolute Gasteiger partial charge is 0.367 e. The van der Waals surface area contributed by atoms with Crippen LogP contribution >= 0.6 is 22.6 Å². The highest BCUT2D eigenvalue weighted by Gasteiger charge is 2.19. The fourth-order valence-electron chi connectivity index (χ4n) is 3.02. The summed E-state index contributed by atoms with van der Waals surface area (Å²) in [5.41, 5.74) is 2.30. The molecule has 0 bridgehead atoms. The van der Waals surface area contributed by atoms with Crippen LogP contribution in [0, 0.1) is 9.39 Å². The van der Waals surface area contributed by atoms with Gasteiger partial charge in [0.25, 0.3) is 5.91 Å². The molecular formula is C19H21FIN3O. The van der Waals surface area contributed by atoms with E-state index in [1.165, 1.54) is 18.2 Å². The van der Waals surface area contributed by atoms with E-state index in [-0.39, 0.29) is 11.7 Å². The summed E-state index contributed by atoms with van der Waals surface area (Å²) >= 11 is 1.99. The molecule has 1 saturated heterocycles. The van der Waals surface area contributed by atoms with E-state index in [1.54, 1.807) is 0 Å². The number of likely N-dealkylation sites (N-methyl/N-ethyl adjacent to an activating group) is 1. The SMILES string of the molecule is CCN1CCN(c2ccccc2NC(=O)c2ccc(F)cc2I)CC1. The maximum Gasteiger partial charge on any atom is 0.256 e. The molecule has 0 aromatic heterocycles. The van der Waals surface area contributed by atoms with Gasteiger partial charge in [-0.15, -0.1) is 0 Å². The fraction of sp³-hybridized carbons (Fsp3) is 0.316. The van der Waals surface area contributed by atoms with Crippen molar-refractivity contribution in [2.24, 2.45) is 0 Å². The van der Waals surface area contributed by atoms with E-state index in [4.69, 9.17) is 0 Å². The van der Waals surface area contributed by atoms with E-state index < -0.39 is 0 Å². The van der Waals surface area contributed by atoms with Crippen molar-refractivity contribution >= 4 is 39.9 Å². The minimum absolute atomic E-state index is 0.218. The second kappa shape index (κ2) is 8.14. The first-order valence-electron chi connectivity index (χ1n) is 8.41. The Kier molecular flexibility index (Phi) is 5.90. The van der Waals surface area contributed by atoms with Gasteiger partial charge in [-0.05, 0) is 59.5 Å². The Morgan fingerprint density at radius 2 is 1.88 bits per heavy atom. The number of rotatable bonds is 4. The van der Waals surface area contributed by atoms with Crippen LogP contribution < -0.4 is 10.2 Å². The Bertz CT molecular complexity index is 760. The average Bonchev–Trinajstić information content (AvgIpc) is 2.62. The maximum absolute atomic E-state index is 13.3. The first-order chi connectivity index (χ1) is 12.1. The highest BCUT2D eigenvalue weighted by atomic mass is 127. The highest BCUT2D eigenvalue weighted by Crippen LogP contribution is 2.27. The van der Waals surface area contributed by atoms with Gasteiger partial charge in [0.05, 0.1) is 16.9 Å². The number of halogens is 2. The molecule has 0 saturated carbocycles. The molecule has 2 aromatic carbocycles. The fourth-order valence-corrected chi connectivity index (χ4v) is 3.75. The van der Waals surface area contributed by atoms with Crippen LogP contribution in [0.1, 0.15) is 17.3 Å². The lowest BCUT2D eigenvalue weighted by molar-refractivity contribution is 0.102. The van der Waals surface area contributed by atoms with Gasteiger partial charge in [0.1, 0.15) is 5.82 Å². The van der Waals surface area contributed by atoms with Crippen molar-refractivity contribution in [3.63, 3.8) is 0 Å². The van der Waals surface area contributed by atoms with Gasteiger partial charge in [-0.25, -0.2) is 4.39 Å². The molecule has 0 aliphatic carbocycles. The minimum Gasteiger partial charge on any atom is -0.367 e. The summed E-state index contributed by atoms with van der Waals surface area (Å²) < 4.78 is 13.9. The van der Waals surface area contributed by atoms with E-state index in [1.807, 2.05) is 46.9 Å². The highest BCUT2D eigenvalue weighted by molar-refractivity contribution is 14.1. The van der Waals surface area contributed by atoms with Crippen molar-refractivity contribution in [1.82, 2.24) is 4.90 Å². The molecule has 4 nitrogen and oxygen atoms in total. The van der Waals surface area contributed by atoms with Crippen molar-refractivity contribution < 1.29 is 9.18 Å². The van der Waals surface area contributed by atoms with E-state index in [2.05, 4.69) is 22.0 Å². The number of amides is 1. The van der Waals surface area contributed by atoms with Crippen LogP contribution in [0.2, 0.25) is 0 Å². The lowest BCUT2D eigenvalue weighted by Crippen LogP contribution is -2.46. The van der Waals surface area contributed by atoms with Crippen LogP contribution in [0.5, 0.6) is 0 Å². The van der Waals surface area contributed by atoms with E-state index >= 15 is 0 Å². The molecule has 0 atom stereocenters. The third kappa shape index (κ3) is 4.30. The van der Waals surface area contributed by atoms with Gasteiger partial charge >= 0.3 is 0 Å². The van der Waals surface area contributed by atoms with E-state index in [9.17, 15) is 9.18 Å². The van der Waals surface area contributed by atoms with Crippen molar-refractivity contribution in [2.45, 2.75) is 6.92 Å². The molecule has 0 radical (unpaired) electrons. The zero-order chi connectivity index (χ0) is 17.8. The smallest absolute Gasteiger partial charge is 0.256 e. The van der Waals surface area contributed by atoms with Gasteiger partial charge in [0, 0.05) is 29.7 Å². The summed E-state index contributed by atoms with van der Waals surface area (Å²) in [6.45, 7) is 7.16. The molecule has 1 aliphatic rings. The molecule has 6 heteroatoms. The number of piperazine rings is 1. The van der Waals surface area contributed by atoms with Crippen LogP contribution in [-0.2, 0) is 0 Å². The van der Waals surface area contributed by atoms with Gasteiger partial charge in [0.15, 0.2) is 0 Å². The Balaban J connectivity index is 1.78. The zero-order valence-electron chi connectivity index (χ0n) is 14.1. The number of hydrogen-bond acceptors (Lipinski definition) is 3. The van der Waals surface area contributed by atoms with Crippen LogP contribution in [0.15, 0.2) is 42.5 Å². The quantitative estimate of drug-likeness (QED) is 0.716. The number of nitrogens with zero attached hydrogens (tertiary/aromatic N) is 2. The topological polar surface area (TPSA) is 35.6 Å². The number of para-hydroxylation sites is 2. The van der Waals surface area contributed by atoms with Gasteiger partial charge in [0.2, 0.25) is 0 Å². The molecule has 2 aromatic rings. The molecule has 132 valence electrons. The van der Waals surface area contributed by atoms with Crippen LogP contribution in [-0.4, -0.2) is 43.5 Å². The third-order valence-corrected chi connectivity index (χ3v) is 5.38. The van der Waals surface area contributed by atoms with Gasteiger partial charge < -0.3 is 15.1 Å². The lowest BCUT2D eigenvalue weighted by atomic mass is 10.1. The number of carbonyl (C=O) groups excluding carboxylic acids is 1. The summed E-state index contributed by atoms with van der Waals surface area (Å²) in [4.78, 5) is 17.3. The van der Waals surface area contributed by atoms with Gasteiger partial charge in [-0.1, -0.05) is 19.1 Å². The Morgan fingerprint density at radius 3 is 2.56 bits per heavy atom. The summed E-state index contributed by atoms with van der Waals surface area (Å²) in [7, 11) is 0. The summed E-state index contributed by atoms with van der Waals surface area (Å²) in [6, 6.07) is 12.0. The Morgan fingerprint density at radius 1 is 1.16 bits per heavy atom. The third-order valence-electron chi connectivity index (χ3n) is 4.49. The summed E-state index contributed by atoms with van der Waals surface area (Å²) in [5, 5.41) is 2.99. The van der Waals surface area contributed by atoms with E-state index in [0.29, 0.717) is 9.13 Å². The van der Waals surface area contributed by atoms with Crippen LogP contribution in [0.3, 0.4) is 0 Å². The molecule has 3 rings (SSSR count). The predicted molar refractivity (Wildman–Crippen MR) is 108 cm³/mol. The second-order valence-electron chi connectivity index (χ2n) is 6.02. The standard InChI is InChI=1S/C19H21FIN3O/c1-2-23-9-11-24(12-10-23)18-6-4-3-5-17(18)22-19(25)15-8-7-14(20)13-16(15)21/h3-8,13H,2,9-12H2,1H3,(H,22,25). The Labute approximate surface area is 161 Å². The van der Waals surface area contributed by atoms with Gasteiger partial charge in [-0.3, -0.25) is 4.79 Å². The number of anilines is 2. The summed E-state index contributed by atoms with van der Waals surface area (Å²) in [5.74, 6) is -0.556. The minimum atomic E-state index is -0.338. The van der Waals surface area contributed by atoms with Gasteiger partial charge in [-0.2, -0.15) is 0 Å². The van der Waals surface area contributed by atoms with Crippen molar-refractivity contribution in [1.29, 1.82) is 0 Å². The predicted octanol–water partition coefficient (Wildman–Crippen LogP) is 3.82. The van der Waals surface area contributed by atoms with Crippen molar-refractivity contribution in [3.05, 3.63) is 57.4 Å². The molecule has 1 aliphatic heterocycles. The maximum atomic E-state index is 13.3. The van der Waals surface area contributed by atoms with Crippen molar-refractivity contribution in [2.75, 3.05) is 42.9 Å². The molecule has 1 heterocycles. The Hall–Kier alpha value is -1.67. The van der Waals surface area contributed by atoms with E-state index in [0.717, 1.165) is 44.1 Å². The van der Waals surface area contributed by atoms with Crippen LogP contribution in [0.4, 0.5) is 15.8 Å². The monoisotopic (exact) mass is 453 g/mol. The summed E-state index contributed by atoms with van der Waals surface area (Å²) in [6.07, 6.45) is 0. The molecule has 1 amide bonds. The van der Waals surface area contributed by atoms with Crippen molar-refractivity contribution in [3.8, 4) is 0 Å². The molecule has 1 N–H and O–H groups in total. The average molecular weight is 453 g/mol. The molecule has 1 fully saturated rings. The second-order valence-corrected chi connectivity index (χ2v) is 7.18. The number of hydrogen-bond donors (Lipinski definition) is 1. The molecule has 25 heavy (non-hydrogen) atoms. The number of carbonyl (C=O) groups is 1. The lowest BCUT2D eigenvalue weighted by Gasteiger charge is -2.36. The normalized spacial score (nSPS) is 15.2. The molecule has 0 unspecified atom stereocenters. The molecule has 0 spiro atoms. The van der Waals surface area contributed by atoms with Crippen LogP contribution in [0.25, 0.3) is 0 Å². The zero-order valence-corrected chi connectivity index (χ0v) is 16.3. The first kappa shape index (κ1) is 18.1.